The molecule has 11 nitrogen and oxygen atoms in total. The molecule has 3 aromatic rings. The number of nitro groups is 2. The second kappa shape index (κ2) is 8.73. The van der Waals surface area contributed by atoms with E-state index in [1.807, 2.05) is 4.57 Å². The Labute approximate surface area is 186 Å². The zero-order chi connectivity index (χ0) is 23.7. The number of benzene rings is 2. The monoisotopic (exact) mass is 454 g/mol. The number of fused-ring (bicyclic) bond motifs is 1. The molecule has 0 spiro atoms. The molecule has 1 N–H and O–H groups in total. The van der Waals surface area contributed by atoms with Gasteiger partial charge in [-0.05, 0) is 38.0 Å². The number of carbonyl (C=O) groups is 1. The number of amides is 1. The number of nitrogens with one attached hydrogen (secondary N) is 1. The van der Waals surface area contributed by atoms with Crippen molar-refractivity contribution in [3.63, 3.8) is 0 Å². The lowest BCUT2D eigenvalue weighted by Crippen LogP contribution is -2.15. The Morgan fingerprint density at radius 2 is 1.88 bits per heavy atom. The molecule has 0 saturated heterocycles. The number of nitrogens with zero attached hydrogens (tertiary/aromatic N) is 5. The van der Waals surface area contributed by atoms with E-state index < -0.39 is 32.9 Å². The molecule has 0 atom stereocenters. The van der Waals surface area contributed by atoms with Gasteiger partial charge in [0.25, 0.3) is 17.3 Å². The molecule has 1 aromatic heterocycles. The zero-order valence-corrected chi connectivity index (χ0v) is 17.6. The fourth-order valence-corrected chi connectivity index (χ4v) is 3.87. The van der Waals surface area contributed by atoms with E-state index in [1.54, 1.807) is 0 Å². The Bertz CT molecular complexity index is 1290. The molecule has 33 heavy (non-hydrogen) atoms. The molecule has 2 aromatic carbocycles. The van der Waals surface area contributed by atoms with Crippen molar-refractivity contribution in [2.45, 2.75) is 39.2 Å². The summed E-state index contributed by atoms with van der Waals surface area (Å²) in [6.45, 7) is 1.99. The molecule has 0 bridgehead atoms. The number of halogens is 1. The normalized spacial score (nSPS) is 13.2. The highest BCUT2D eigenvalue weighted by atomic mass is 19.1. The maximum Gasteiger partial charge on any atom is 0.279 e. The number of anilines is 1. The van der Waals surface area contributed by atoms with Gasteiger partial charge in [0.1, 0.15) is 11.6 Å². The highest BCUT2D eigenvalue weighted by Gasteiger charge is 2.25. The van der Waals surface area contributed by atoms with Crippen LogP contribution < -0.4 is 5.32 Å². The molecule has 1 amide bonds. The third kappa shape index (κ3) is 4.27. The predicted octanol–water partition coefficient (Wildman–Crippen LogP) is 4.19. The number of rotatable bonds is 5. The number of aromatic nitrogens is 3. The highest BCUT2D eigenvalue weighted by molar-refractivity contribution is 6.06. The summed E-state index contributed by atoms with van der Waals surface area (Å²) >= 11 is 0. The minimum absolute atomic E-state index is 0.0202. The summed E-state index contributed by atoms with van der Waals surface area (Å²) in [6.07, 6.45) is 3.68. The number of nitro benzene ring substituents is 2. The van der Waals surface area contributed by atoms with Crippen LogP contribution in [0.2, 0.25) is 0 Å². The molecule has 4 rings (SSSR count). The van der Waals surface area contributed by atoms with E-state index in [4.69, 9.17) is 0 Å². The summed E-state index contributed by atoms with van der Waals surface area (Å²) in [7, 11) is 0. The average Bonchev–Trinajstić information content (AvgIpc) is 3.02. The molecule has 0 saturated carbocycles. The van der Waals surface area contributed by atoms with Gasteiger partial charge in [-0.25, -0.2) is 4.39 Å². The Kier molecular flexibility index (Phi) is 5.82. The van der Waals surface area contributed by atoms with Crippen LogP contribution in [0.4, 0.5) is 21.5 Å². The number of hydrogen-bond donors (Lipinski definition) is 1. The molecule has 1 aliphatic rings. The van der Waals surface area contributed by atoms with E-state index in [1.165, 1.54) is 25.1 Å². The SMILES string of the molecule is Cc1c(C(=O)Nc2ccc(F)c(-c3nnc4n3CCCCC4)c2)cc([N+](=O)[O-])cc1[N+](=O)[O-]. The number of non-ortho nitro benzene ring substituents is 1. The average molecular weight is 454 g/mol. The van der Waals surface area contributed by atoms with Crippen molar-refractivity contribution in [1.82, 2.24) is 14.8 Å². The Morgan fingerprint density at radius 3 is 2.61 bits per heavy atom. The van der Waals surface area contributed by atoms with Gasteiger partial charge >= 0.3 is 0 Å². The van der Waals surface area contributed by atoms with Gasteiger partial charge in [-0.2, -0.15) is 0 Å². The second-order valence-electron chi connectivity index (χ2n) is 7.70. The van der Waals surface area contributed by atoms with Crippen molar-refractivity contribution >= 4 is 23.0 Å². The van der Waals surface area contributed by atoms with Gasteiger partial charge in [-0.1, -0.05) is 6.42 Å². The van der Waals surface area contributed by atoms with Gasteiger partial charge in [0.05, 0.1) is 27.0 Å². The Morgan fingerprint density at radius 1 is 1.09 bits per heavy atom. The molecule has 0 aliphatic carbocycles. The molecule has 1 aliphatic heterocycles. The molecular weight excluding hydrogens is 435 g/mol. The van der Waals surface area contributed by atoms with Gasteiger partial charge in [-0.15, -0.1) is 10.2 Å². The van der Waals surface area contributed by atoms with Gasteiger partial charge in [0, 0.05) is 30.3 Å². The molecule has 0 fully saturated rings. The molecule has 2 heterocycles. The van der Waals surface area contributed by atoms with Crippen molar-refractivity contribution in [1.29, 1.82) is 0 Å². The highest BCUT2D eigenvalue weighted by Crippen LogP contribution is 2.30. The fourth-order valence-electron chi connectivity index (χ4n) is 3.87. The third-order valence-electron chi connectivity index (χ3n) is 5.59. The first-order valence-corrected chi connectivity index (χ1v) is 10.2. The predicted molar refractivity (Wildman–Crippen MR) is 115 cm³/mol. The molecule has 12 heteroatoms. The van der Waals surface area contributed by atoms with Crippen LogP contribution in [0.1, 0.15) is 41.0 Å². The van der Waals surface area contributed by atoms with Crippen LogP contribution >= 0.6 is 0 Å². The van der Waals surface area contributed by atoms with Gasteiger partial charge < -0.3 is 9.88 Å². The first-order chi connectivity index (χ1) is 15.8. The van der Waals surface area contributed by atoms with Crippen LogP contribution in [-0.4, -0.2) is 30.5 Å². The van der Waals surface area contributed by atoms with Crippen LogP contribution in [0, 0.1) is 33.0 Å². The van der Waals surface area contributed by atoms with E-state index in [9.17, 15) is 29.4 Å². The van der Waals surface area contributed by atoms with Crippen LogP contribution in [0.3, 0.4) is 0 Å². The zero-order valence-electron chi connectivity index (χ0n) is 17.6. The minimum atomic E-state index is -0.809. The Hall–Kier alpha value is -4.22. The van der Waals surface area contributed by atoms with Gasteiger partial charge in [0.2, 0.25) is 0 Å². The van der Waals surface area contributed by atoms with Gasteiger partial charge in [0.15, 0.2) is 5.82 Å². The minimum Gasteiger partial charge on any atom is -0.322 e. The maximum atomic E-state index is 14.7. The van der Waals surface area contributed by atoms with Crippen molar-refractivity contribution < 1.29 is 19.0 Å². The number of hydrogen-bond acceptors (Lipinski definition) is 7. The summed E-state index contributed by atoms with van der Waals surface area (Å²) < 4.78 is 16.5. The maximum absolute atomic E-state index is 14.7. The van der Waals surface area contributed by atoms with Crippen molar-refractivity contribution in [2.75, 3.05) is 5.32 Å². The smallest absolute Gasteiger partial charge is 0.279 e. The fraction of sp³-hybridized carbons (Fsp3) is 0.286. The molecule has 170 valence electrons. The summed E-state index contributed by atoms with van der Waals surface area (Å²) in [5.74, 6) is -0.218. The molecule has 0 unspecified atom stereocenters. The summed E-state index contributed by atoms with van der Waals surface area (Å²) in [4.78, 5) is 33.7. The lowest BCUT2D eigenvalue weighted by Gasteiger charge is -2.11. The summed E-state index contributed by atoms with van der Waals surface area (Å²) in [6, 6.07) is 5.68. The molecular formula is C21H19FN6O5. The third-order valence-corrected chi connectivity index (χ3v) is 5.59. The number of carbonyl (C=O) groups excluding carboxylic acids is 1. The molecule has 0 radical (unpaired) electrons. The number of aryl methyl sites for hydroxylation is 1. The van der Waals surface area contributed by atoms with Crippen LogP contribution in [0.5, 0.6) is 0 Å². The van der Waals surface area contributed by atoms with Gasteiger partial charge in [-0.3, -0.25) is 25.0 Å². The van der Waals surface area contributed by atoms with Crippen molar-refractivity contribution in [3.05, 3.63) is 73.3 Å². The van der Waals surface area contributed by atoms with E-state index >= 15 is 0 Å². The van der Waals surface area contributed by atoms with Crippen molar-refractivity contribution in [2.24, 2.45) is 0 Å². The lowest BCUT2D eigenvalue weighted by atomic mass is 10.0. The van der Waals surface area contributed by atoms with E-state index in [0.717, 1.165) is 43.6 Å². The second-order valence-corrected chi connectivity index (χ2v) is 7.70. The topological polar surface area (TPSA) is 146 Å². The van der Waals surface area contributed by atoms with Crippen LogP contribution in [0.25, 0.3) is 11.4 Å². The first kappa shape index (κ1) is 22.0. The summed E-state index contributed by atoms with van der Waals surface area (Å²) in [5.41, 5.74) is -1.01. The van der Waals surface area contributed by atoms with E-state index in [0.29, 0.717) is 12.4 Å². The quantitative estimate of drug-likeness (QED) is 0.449. The largest absolute Gasteiger partial charge is 0.322 e. The van der Waals surface area contributed by atoms with E-state index in [2.05, 4.69) is 15.5 Å². The lowest BCUT2D eigenvalue weighted by molar-refractivity contribution is -0.394. The van der Waals surface area contributed by atoms with Crippen LogP contribution in [-0.2, 0) is 13.0 Å². The van der Waals surface area contributed by atoms with E-state index in [-0.39, 0.29) is 22.4 Å². The Balaban J connectivity index is 1.69. The standard InChI is InChI=1S/C21H19FN6O5/c1-12-15(10-14(27(30)31)11-18(12)28(32)33)21(29)23-13-6-7-17(22)16(9-13)20-25-24-19-5-3-2-4-8-26(19)20/h6-7,9-11H,2-5,8H2,1H3,(H,23,29). The first-order valence-electron chi connectivity index (χ1n) is 10.2. The summed E-state index contributed by atoms with van der Waals surface area (Å²) in [5, 5.41) is 33.3. The van der Waals surface area contributed by atoms with Crippen LogP contribution in [0.15, 0.2) is 30.3 Å². The van der Waals surface area contributed by atoms with Crippen molar-refractivity contribution in [3.8, 4) is 11.4 Å².